The lowest BCUT2D eigenvalue weighted by Gasteiger charge is -2.08. The molecule has 0 spiro atoms. The number of benzene rings is 3. The van der Waals surface area contributed by atoms with Crippen molar-refractivity contribution < 1.29 is 4.79 Å². The van der Waals surface area contributed by atoms with Gasteiger partial charge in [0.25, 0.3) is 5.91 Å². The lowest BCUT2D eigenvalue weighted by atomic mass is 10.1. The standard InChI is InChI=1S/C21H19NO/c1-15-12-16(2)14-19(13-15)21(23)22-20-10-8-18(9-11-20)17-6-4-3-5-7-17/h3-14H,1-2H3,(H,22,23). The molecule has 0 bridgehead atoms. The highest BCUT2D eigenvalue weighted by Gasteiger charge is 2.07. The topological polar surface area (TPSA) is 29.1 Å². The van der Waals surface area contributed by atoms with Crippen molar-refractivity contribution in [1.29, 1.82) is 0 Å². The number of aryl methyl sites for hydroxylation is 2. The first kappa shape index (κ1) is 15.0. The molecular weight excluding hydrogens is 282 g/mol. The van der Waals surface area contributed by atoms with Crippen molar-refractivity contribution >= 4 is 11.6 Å². The Labute approximate surface area is 136 Å². The number of hydrogen-bond acceptors (Lipinski definition) is 1. The minimum Gasteiger partial charge on any atom is -0.322 e. The van der Waals surface area contributed by atoms with Crippen molar-refractivity contribution in [2.24, 2.45) is 0 Å². The summed E-state index contributed by atoms with van der Waals surface area (Å²) in [5.41, 5.74) is 5.97. The van der Waals surface area contributed by atoms with Gasteiger partial charge in [-0.15, -0.1) is 0 Å². The zero-order chi connectivity index (χ0) is 16.2. The van der Waals surface area contributed by atoms with Gasteiger partial charge in [0, 0.05) is 11.3 Å². The van der Waals surface area contributed by atoms with E-state index in [2.05, 4.69) is 23.5 Å². The summed E-state index contributed by atoms with van der Waals surface area (Å²) in [4.78, 5) is 12.4. The molecule has 0 aromatic heterocycles. The van der Waals surface area contributed by atoms with Gasteiger partial charge in [0.1, 0.15) is 0 Å². The Morgan fingerprint density at radius 2 is 1.30 bits per heavy atom. The molecule has 0 aliphatic carbocycles. The first-order chi connectivity index (χ1) is 11.1. The average Bonchev–Trinajstić information content (AvgIpc) is 2.55. The van der Waals surface area contributed by atoms with Crippen molar-refractivity contribution in [3.05, 3.63) is 89.5 Å². The highest BCUT2D eigenvalue weighted by Crippen LogP contribution is 2.21. The third-order valence-corrected chi connectivity index (χ3v) is 3.73. The van der Waals surface area contributed by atoms with Gasteiger partial charge in [-0.1, -0.05) is 59.7 Å². The van der Waals surface area contributed by atoms with E-state index in [0.29, 0.717) is 5.56 Å². The van der Waals surface area contributed by atoms with Gasteiger partial charge in [-0.05, 0) is 49.2 Å². The number of hydrogen-bond donors (Lipinski definition) is 1. The Morgan fingerprint density at radius 1 is 0.739 bits per heavy atom. The zero-order valence-corrected chi connectivity index (χ0v) is 13.3. The van der Waals surface area contributed by atoms with E-state index < -0.39 is 0 Å². The molecule has 0 fully saturated rings. The third kappa shape index (κ3) is 3.67. The fourth-order valence-electron chi connectivity index (χ4n) is 2.69. The van der Waals surface area contributed by atoms with Crippen LogP contribution < -0.4 is 5.32 Å². The number of rotatable bonds is 3. The van der Waals surface area contributed by atoms with E-state index in [4.69, 9.17) is 0 Å². The molecular formula is C21H19NO. The quantitative estimate of drug-likeness (QED) is 0.705. The van der Waals surface area contributed by atoms with Crippen molar-refractivity contribution in [3.8, 4) is 11.1 Å². The zero-order valence-electron chi connectivity index (χ0n) is 13.3. The minimum absolute atomic E-state index is 0.0794. The Bertz CT molecular complexity index is 800. The minimum atomic E-state index is -0.0794. The van der Waals surface area contributed by atoms with Crippen molar-refractivity contribution in [2.75, 3.05) is 5.32 Å². The summed E-state index contributed by atoms with van der Waals surface area (Å²) in [6, 6.07) is 24.0. The molecule has 3 rings (SSSR count). The first-order valence-electron chi connectivity index (χ1n) is 7.67. The monoisotopic (exact) mass is 301 g/mol. The molecule has 23 heavy (non-hydrogen) atoms. The molecule has 0 saturated heterocycles. The normalized spacial score (nSPS) is 10.3. The predicted octanol–water partition coefficient (Wildman–Crippen LogP) is 5.22. The number of amides is 1. The molecule has 0 unspecified atom stereocenters. The van der Waals surface area contributed by atoms with Gasteiger partial charge in [-0.2, -0.15) is 0 Å². The number of nitrogens with one attached hydrogen (secondary N) is 1. The van der Waals surface area contributed by atoms with Crippen LogP contribution in [0.25, 0.3) is 11.1 Å². The summed E-state index contributed by atoms with van der Waals surface area (Å²) in [7, 11) is 0. The average molecular weight is 301 g/mol. The smallest absolute Gasteiger partial charge is 0.255 e. The van der Waals surface area contributed by atoms with E-state index in [1.807, 2.05) is 68.4 Å². The van der Waals surface area contributed by atoms with Gasteiger partial charge in [-0.25, -0.2) is 0 Å². The van der Waals surface area contributed by atoms with Gasteiger partial charge in [-0.3, -0.25) is 4.79 Å². The second kappa shape index (κ2) is 6.49. The Morgan fingerprint density at radius 3 is 1.91 bits per heavy atom. The number of carbonyl (C=O) groups excluding carboxylic acids is 1. The maximum absolute atomic E-state index is 12.4. The molecule has 1 N–H and O–H groups in total. The highest BCUT2D eigenvalue weighted by molar-refractivity contribution is 6.04. The van der Waals surface area contributed by atoms with E-state index in [1.54, 1.807) is 0 Å². The fourth-order valence-corrected chi connectivity index (χ4v) is 2.69. The van der Waals surface area contributed by atoms with E-state index in [1.165, 1.54) is 5.56 Å². The summed E-state index contributed by atoms with van der Waals surface area (Å²) < 4.78 is 0. The van der Waals surface area contributed by atoms with Gasteiger partial charge in [0.2, 0.25) is 0 Å². The van der Waals surface area contributed by atoms with Gasteiger partial charge in [0.05, 0.1) is 0 Å². The lowest BCUT2D eigenvalue weighted by Crippen LogP contribution is -2.12. The molecule has 3 aromatic rings. The maximum atomic E-state index is 12.4. The van der Waals surface area contributed by atoms with Crippen molar-refractivity contribution in [3.63, 3.8) is 0 Å². The molecule has 3 aromatic carbocycles. The molecule has 0 heterocycles. The van der Waals surface area contributed by atoms with Crippen LogP contribution in [0.3, 0.4) is 0 Å². The third-order valence-electron chi connectivity index (χ3n) is 3.73. The predicted molar refractivity (Wildman–Crippen MR) is 95.7 cm³/mol. The van der Waals surface area contributed by atoms with Crippen molar-refractivity contribution in [2.45, 2.75) is 13.8 Å². The van der Waals surface area contributed by atoms with Crippen LogP contribution in [0.4, 0.5) is 5.69 Å². The van der Waals surface area contributed by atoms with E-state index in [0.717, 1.165) is 22.4 Å². The van der Waals surface area contributed by atoms with Crippen LogP contribution in [-0.2, 0) is 0 Å². The highest BCUT2D eigenvalue weighted by atomic mass is 16.1. The van der Waals surface area contributed by atoms with Crippen LogP contribution in [0, 0.1) is 13.8 Å². The van der Waals surface area contributed by atoms with Gasteiger partial charge in [0.15, 0.2) is 0 Å². The molecule has 2 nitrogen and oxygen atoms in total. The summed E-state index contributed by atoms with van der Waals surface area (Å²) in [5, 5.41) is 2.95. The van der Waals surface area contributed by atoms with Crippen LogP contribution in [-0.4, -0.2) is 5.91 Å². The molecule has 0 atom stereocenters. The van der Waals surface area contributed by atoms with Crippen LogP contribution in [0.15, 0.2) is 72.8 Å². The van der Waals surface area contributed by atoms with E-state index in [-0.39, 0.29) is 5.91 Å². The Hall–Kier alpha value is -2.87. The molecule has 114 valence electrons. The number of carbonyl (C=O) groups is 1. The summed E-state index contributed by atoms with van der Waals surface area (Å²) >= 11 is 0. The van der Waals surface area contributed by atoms with Crippen LogP contribution in [0.5, 0.6) is 0 Å². The van der Waals surface area contributed by atoms with Crippen LogP contribution in [0.2, 0.25) is 0 Å². The molecule has 0 aliphatic rings. The van der Waals surface area contributed by atoms with Gasteiger partial charge < -0.3 is 5.32 Å². The summed E-state index contributed by atoms with van der Waals surface area (Å²) in [5.74, 6) is -0.0794. The Kier molecular flexibility index (Phi) is 4.24. The van der Waals surface area contributed by atoms with Crippen LogP contribution >= 0.6 is 0 Å². The fraction of sp³-hybridized carbons (Fsp3) is 0.0952. The molecule has 0 saturated carbocycles. The van der Waals surface area contributed by atoms with Gasteiger partial charge >= 0.3 is 0 Å². The van der Waals surface area contributed by atoms with Crippen LogP contribution in [0.1, 0.15) is 21.5 Å². The second-order valence-corrected chi connectivity index (χ2v) is 5.77. The van der Waals surface area contributed by atoms with Crippen molar-refractivity contribution in [1.82, 2.24) is 0 Å². The second-order valence-electron chi connectivity index (χ2n) is 5.77. The number of anilines is 1. The summed E-state index contributed by atoms with van der Waals surface area (Å²) in [6.45, 7) is 4.00. The Balaban J connectivity index is 1.77. The SMILES string of the molecule is Cc1cc(C)cc(C(=O)Nc2ccc(-c3ccccc3)cc2)c1. The molecule has 0 radical (unpaired) electrons. The molecule has 0 aliphatic heterocycles. The maximum Gasteiger partial charge on any atom is 0.255 e. The molecule has 2 heteroatoms. The largest absolute Gasteiger partial charge is 0.322 e. The first-order valence-corrected chi connectivity index (χ1v) is 7.67. The van der Waals surface area contributed by atoms with E-state index in [9.17, 15) is 4.79 Å². The van der Waals surface area contributed by atoms with E-state index >= 15 is 0 Å². The molecule has 1 amide bonds. The summed E-state index contributed by atoms with van der Waals surface area (Å²) in [6.07, 6.45) is 0. The lowest BCUT2D eigenvalue weighted by molar-refractivity contribution is 0.102.